The fraction of sp³-hybridized carbons (Fsp3) is 0.412. The second kappa shape index (κ2) is 10.5. The lowest BCUT2D eigenvalue weighted by Crippen LogP contribution is -2.71. The number of hydrogen-bond acceptors (Lipinski definition) is 5. The van der Waals surface area contributed by atoms with Crippen molar-refractivity contribution in [3.05, 3.63) is 101 Å². The van der Waals surface area contributed by atoms with Crippen LogP contribution in [0.25, 0.3) is 0 Å². The molecule has 6 nitrogen and oxygen atoms in total. The van der Waals surface area contributed by atoms with Crippen LogP contribution in [0.2, 0.25) is 0 Å². The molecule has 3 aromatic rings. The minimum atomic E-state index is -0.395. The first kappa shape index (κ1) is 26.7. The SMILES string of the molecule is COc1cccc(C23CCN(CCCc4ccccc4)C(N4C(=O)c5ccccc5C4=O)C2(C)CCC(N)C3)c1. The van der Waals surface area contributed by atoms with Crippen molar-refractivity contribution in [1.82, 2.24) is 9.80 Å². The van der Waals surface area contributed by atoms with Crippen LogP contribution in [-0.4, -0.2) is 54.0 Å². The standard InChI is InChI=1S/C34H39N3O3/c1-33-18-17-26(35)23-34(33,25-13-8-14-27(22-25)40-2)19-21-36(20-9-12-24-10-4-3-5-11-24)32(33)37-30(38)28-15-6-7-16-29(28)31(37)39/h3-8,10-11,13-16,22,26,32H,9,12,17-21,23,35H2,1-2H3. The predicted molar refractivity (Wildman–Crippen MR) is 156 cm³/mol. The van der Waals surface area contributed by atoms with Crippen molar-refractivity contribution in [2.45, 2.75) is 63.1 Å². The molecule has 2 heterocycles. The molecule has 3 aromatic carbocycles. The van der Waals surface area contributed by atoms with Crippen LogP contribution in [0, 0.1) is 5.41 Å². The third kappa shape index (κ3) is 4.25. The van der Waals surface area contributed by atoms with Gasteiger partial charge in [-0.25, -0.2) is 0 Å². The molecule has 1 aliphatic carbocycles. The Morgan fingerprint density at radius 3 is 2.33 bits per heavy atom. The number of carbonyl (C=O) groups excluding carboxylic acids is 2. The molecule has 0 radical (unpaired) electrons. The van der Waals surface area contributed by atoms with E-state index in [-0.39, 0.29) is 29.4 Å². The van der Waals surface area contributed by atoms with Crippen LogP contribution in [-0.2, 0) is 11.8 Å². The number of rotatable bonds is 7. The highest BCUT2D eigenvalue weighted by Crippen LogP contribution is 2.60. The van der Waals surface area contributed by atoms with Gasteiger partial charge < -0.3 is 10.5 Å². The summed E-state index contributed by atoms with van der Waals surface area (Å²) in [6.07, 6.45) is 4.95. The van der Waals surface area contributed by atoms with Crippen LogP contribution in [0.3, 0.4) is 0 Å². The van der Waals surface area contributed by atoms with Crippen LogP contribution < -0.4 is 10.5 Å². The van der Waals surface area contributed by atoms with Crippen molar-refractivity contribution < 1.29 is 14.3 Å². The smallest absolute Gasteiger partial charge is 0.262 e. The molecule has 208 valence electrons. The van der Waals surface area contributed by atoms with Gasteiger partial charge in [0.1, 0.15) is 5.75 Å². The third-order valence-corrected chi connectivity index (χ3v) is 9.93. The van der Waals surface area contributed by atoms with Gasteiger partial charge in [0.05, 0.1) is 24.4 Å². The second-order valence-electron chi connectivity index (χ2n) is 12.0. The number of fused-ring (bicyclic) bond motifs is 2. The number of ether oxygens (including phenoxy) is 1. The minimum absolute atomic E-state index is 0.0618. The summed E-state index contributed by atoms with van der Waals surface area (Å²) in [6, 6.07) is 26.2. The summed E-state index contributed by atoms with van der Waals surface area (Å²) in [5.74, 6) is 0.448. The predicted octanol–water partition coefficient (Wildman–Crippen LogP) is 5.41. The van der Waals surface area contributed by atoms with E-state index in [1.165, 1.54) is 11.1 Å². The molecular weight excluding hydrogens is 498 g/mol. The number of nitrogens with two attached hydrogens (primary N) is 1. The monoisotopic (exact) mass is 537 g/mol. The Morgan fingerprint density at radius 2 is 1.62 bits per heavy atom. The van der Waals surface area contributed by atoms with E-state index in [4.69, 9.17) is 10.5 Å². The molecule has 2 N–H and O–H groups in total. The fourth-order valence-electron chi connectivity index (χ4n) is 7.89. The van der Waals surface area contributed by atoms with E-state index < -0.39 is 5.41 Å². The molecule has 3 aliphatic rings. The van der Waals surface area contributed by atoms with Gasteiger partial charge in [-0.05, 0) is 73.9 Å². The van der Waals surface area contributed by atoms with Crippen molar-refractivity contribution in [2.75, 3.05) is 20.2 Å². The number of benzene rings is 3. The number of amides is 2. The maximum Gasteiger partial charge on any atom is 0.262 e. The number of likely N-dealkylation sites (tertiary alicyclic amines) is 1. The third-order valence-electron chi connectivity index (χ3n) is 9.93. The Morgan fingerprint density at radius 1 is 0.925 bits per heavy atom. The summed E-state index contributed by atoms with van der Waals surface area (Å²) in [4.78, 5) is 32.0. The second-order valence-corrected chi connectivity index (χ2v) is 12.0. The van der Waals surface area contributed by atoms with E-state index in [2.05, 4.69) is 48.2 Å². The molecule has 4 unspecified atom stereocenters. The number of aryl methyl sites for hydroxylation is 1. The van der Waals surface area contributed by atoms with Gasteiger partial charge in [-0.3, -0.25) is 19.4 Å². The highest BCUT2D eigenvalue weighted by Gasteiger charge is 2.63. The summed E-state index contributed by atoms with van der Waals surface area (Å²) in [5, 5.41) is 0. The Hall–Kier alpha value is -3.48. The number of carbonyl (C=O) groups is 2. The van der Waals surface area contributed by atoms with E-state index in [0.29, 0.717) is 11.1 Å². The van der Waals surface area contributed by atoms with Gasteiger partial charge >= 0.3 is 0 Å². The number of piperidine rings is 1. The number of hydrogen-bond donors (Lipinski definition) is 1. The molecule has 2 aliphatic heterocycles. The zero-order valence-corrected chi connectivity index (χ0v) is 23.5. The summed E-state index contributed by atoms with van der Waals surface area (Å²) < 4.78 is 5.64. The van der Waals surface area contributed by atoms with E-state index in [9.17, 15) is 9.59 Å². The summed E-state index contributed by atoms with van der Waals surface area (Å²) >= 11 is 0. The van der Waals surface area contributed by atoms with Gasteiger partial charge in [0.25, 0.3) is 11.8 Å². The van der Waals surface area contributed by atoms with Crippen molar-refractivity contribution in [3.8, 4) is 5.75 Å². The van der Waals surface area contributed by atoms with Gasteiger partial charge in [-0.15, -0.1) is 0 Å². The Kier molecular flexibility index (Phi) is 7.01. The van der Waals surface area contributed by atoms with Crippen LogP contribution >= 0.6 is 0 Å². The highest BCUT2D eigenvalue weighted by molar-refractivity contribution is 6.21. The van der Waals surface area contributed by atoms with E-state index in [1.54, 1.807) is 24.1 Å². The molecule has 0 spiro atoms. The number of methoxy groups -OCH3 is 1. The fourth-order valence-corrected chi connectivity index (χ4v) is 7.89. The lowest BCUT2D eigenvalue weighted by Gasteiger charge is -2.64. The first-order valence-corrected chi connectivity index (χ1v) is 14.5. The molecule has 0 bridgehead atoms. The zero-order chi connectivity index (χ0) is 27.9. The Bertz CT molecular complexity index is 1370. The largest absolute Gasteiger partial charge is 0.497 e. The zero-order valence-electron chi connectivity index (χ0n) is 23.5. The molecule has 2 amide bonds. The molecule has 6 rings (SSSR count). The first-order valence-electron chi connectivity index (χ1n) is 14.5. The van der Waals surface area contributed by atoms with Crippen LogP contribution in [0.4, 0.5) is 0 Å². The van der Waals surface area contributed by atoms with Crippen molar-refractivity contribution in [2.24, 2.45) is 11.1 Å². The first-order chi connectivity index (χ1) is 19.4. The minimum Gasteiger partial charge on any atom is -0.497 e. The maximum absolute atomic E-state index is 14.0. The van der Waals surface area contributed by atoms with E-state index in [1.807, 2.05) is 30.3 Å². The van der Waals surface area contributed by atoms with E-state index >= 15 is 0 Å². The van der Waals surface area contributed by atoms with Gasteiger partial charge in [0.15, 0.2) is 0 Å². The van der Waals surface area contributed by atoms with Gasteiger partial charge in [-0.1, -0.05) is 61.5 Å². The number of nitrogens with zero attached hydrogens (tertiary/aromatic N) is 2. The molecule has 2 fully saturated rings. The summed E-state index contributed by atoms with van der Waals surface area (Å²) in [5.41, 5.74) is 9.51. The summed E-state index contributed by atoms with van der Waals surface area (Å²) in [7, 11) is 1.69. The maximum atomic E-state index is 14.0. The molecule has 1 saturated carbocycles. The van der Waals surface area contributed by atoms with Gasteiger partial charge in [0, 0.05) is 30.0 Å². The van der Waals surface area contributed by atoms with Gasteiger partial charge in [-0.2, -0.15) is 0 Å². The van der Waals surface area contributed by atoms with Crippen LogP contribution in [0.5, 0.6) is 5.75 Å². The average molecular weight is 538 g/mol. The normalized spacial score (nSPS) is 28.3. The van der Waals surface area contributed by atoms with Gasteiger partial charge in [0.2, 0.25) is 0 Å². The van der Waals surface area contributed by atoms with Crippen LogP contribution in [0.1, 0.15) is 70.9 Å². The molecule has 4 atom stereocenters. The highest BCUT2D eigenvalue weighted by atomic mass is 16.5. The lowest BCUT2D eigenvalue weighted by molar-refractivity contribution is -0.120. The molecule has 40 heavy (non-hydrogen) atoms. The van der Waals surface area contributed by atoms with Crippen molar-refractivity contribution >= 4 is 11.8 Å². The molecular formula is C34H39N3O3. The molecule has 1 saturated heterocycles. The number of imide groups is 1. The topological polar surface area (TPSA) is 75.9 Å². The quantitative estimate of drug-likeness (QED) is 0.408. The average Bonchev–Trinajstić information content (AvgIpc) is 3.23. The molecule has 0 aromatic heterocycles. The lowest BCUT2D eigenvalue weighted by atomic mass is 9.48. The van der Waals surface area contributed by atoms with Crippen molar-refractivity contribution in [3.63, 3.8) is 0 Å². The molecule has 6 heteroatoms. The van der Waals surface area contributed by atoms with Crippen molar-refractivity contribution in [1.29, 1.82) is 0 Å². The van der Waals surface area contributed by atoms with Crippen LogP contribution in [0.15, 0.2) is 78.9 Å². The van der Waals surface area contributed by atoms with E-state index in [0.717, 1.165) is 57.4 Å². The Labute approximate surface area is 237 Å². The summed E-state index contributed by atoms with van der Waals surface area (Å²) in [6.45, 7) is 3.89. The Balaban J connectivity index is 1.43.